The van der Waals surface area contributed by atoms with Crippen molar-refractivity contribution in [2.45, 2.75) is 19.4 Å². The van der Waals surface area contributed by atoms with Crippen LogP contribution in [-0.2, 0) is 9.53 Å². The first-order valence-corrected chi connectivity index (χ1v) is 5.15. The average Bonchev–Trinajstić information content (AvgIpc) is 2.30. The Morgan fingerprint density at radius 1 is 1.44 bits per heavy atom. The summed E-state index contributed by atoms with van der Waals surface area (Å²) in [6.45, 7) is 2.38. The topological polar surface area (TPSA) is 55.8 Å². The van der Waals surface area contributed by atoms with Crippen molar-refractivity contribution >= 4 is 5.97 Å². The molecule has 0 saturated carbocycles. The van der Waals surface area contributed by atoms with E-state index in [0.717, 1.165) is 0 Å². The van der Waals surface area contributed by atoms with Crippen LogP contribution in [0.25, 0.3) is 0 Å². The third-order valence-electron chi connectivity index (χ3n) is 2.17. The molecular formula is C12H16O4. The van der Waals surface area contributed by atoms with Crippen LogP contribution in [0, 0.1) is 0 Å². The maximum absolute atomic E-state index is 11.0. The van der Waals surface area contributed by atoms with Crippen molar-refractivity contribution in [2.75, 3.05) is 13.7 Å². The van der Waals surface area contributed by atoms with Gasteiger partial charge in [0, 0.05) is 5.56 Å². The minimum atomic E-state index is -0.893. The highest BCUT2D eigenvalue weighted by Crippen LogP contribution is 2.27. The number of benzene rings is 1. The lowest BCUT2D eigenvalue weighted by Gasteiger charge is -2.14. The molecule has 0 amide bonds. The van der Waals surface area contributed by atoms with Gasteiger partial charge in [-0.1, -0.05) is 18.2 Å². The van der Waals surface area contributed by atoms with Gasteiger partial charge in [-0.2, -0.15) is 0 Å². The summed E-state index contributed by atoms with van der Waals surface area (Å²) in [5, 5.41) is 9.85. The number of hydrogen-bond acceptors (Lipinski definition) is 4. The fourth-order valence-electron chi connectivity index (χ4n) is 1.39. The molecule has 0 saturated heterocycles. The van der Waals surface area contributed by atoms with Crippen molar-refractivity contribution in [3.05, 3.63) is 29.8 Å². The smallest absolute Gasteiger partial charge is 0.308 e. The summed E-state index contributed by atoms with van der Waals surface area (Å²) in [5.74, 6) is 0.153. The number of carbonyl (C=O) groups excluding carboxylic acids is 1. The summed E-state index contributed by atoms with van der Waals surface area (Å²) in [4.78, 5) is 11.0. The normalized spacial score (nSPS) is 11.9. The Morgan fingerprint density at radius 2 is 2.12 bits per heavy atom. The second kappa shape index (κ2) is 6.12. The SMILES string of the molecule is CCOc1ccccc1[C@@H](O)CC(=O)OC. The molecule has 1 atom stereocenters. The van der Waals surface area contributed by atoms with Crippen LogP contribution in [-0.4, -0.2) is 24.8 Å². The second-order valence-corrected chi connectivity index (χ2v) is 3.27. The van der Waals surface area contributed by atoms with Gasteiger partial charge in [0.2, 0.25) is 0 Å². The molecule has 0 aliphatic carbocycles. The number of aliphatic hydroxyl groups excluding tert-OH is 1. The fourth-order valence-corrected chi connectivity index (χ4v) is 1.39. The van der Waals surface area contributed by atoms with E-state index >= 15 is 0 Å². The van der Waals surface area contributed by atoms with E-state index in [0.29, 0.717) is 17.9 Å². The van der Waals surface area contributed by atoms with Crippen molar-refractivity contribution < 1.29 is 19.4 Å². The molecular weight excluding hydrogens is 208 g/mol. The number of esters is 1. The molecule has 1 aromatic rings. The molecule has 88 valence electrons. The summed E-state index contributed by atoms with van der Waals surface area (Å²) in [7, 11) is 1.30. The fraction of sp³-hybridized carbons (Fsp3) is 0.417. The zero-order valence-corrected chi connectivity index (χ0v) is 9.47. The predicted octanol–water partition coefficient (Wildman–Crippen LogP) is 1.68. The molecule has 4 heteroatoms. The minimum Gasteiger partial charge on any atom is -0.493 e. The highest BCUT2D eigenvalue weighted by Gasteiger charge is 2.16. The van der Waals surface area contributed by atoms with E-state index in [1.807, 2.05) is 13.0 Å². The molecule has 16 heavy (non-hydrogen) atoms. The average molecular weight is 224 g/mol. The number of methoxy groups -OCH3 is 1. The number of ether oxygens (including phenoxy) is 2. The maximum Gasteiger partial charge on any atom is 0.308 e. The van der Waals surface area contributed by atoms with E-state index in [-0.39, 0.29) is 6.42 Å². The van der Waals surface area contributed by atoms with Gasteiger partial charge >= 0.3 is 5.97 Å². The summed E-state index contributed by atoms with van der Waals surface area (Å²) < 4.78 is 9.86. The Hall–Kier alpha value is -1.55. The van der Waals surface area contributed by atoms with Gasteiger partial charge in [0.15, 0.2) is 0 Å². The van der Waals surface area contributed by atoms with Crippen LogP contribution in [0.2, 0.25) is 0 Å². The summed E-state index contributed by atoms with van der Waals surface area (Å²) in [5.41, 5.74) is 0.606. The van der Waals surface area contributed by atoms with Crippen LogP contribution < -0.4 is 4.74 Å². The molecule has 0 aromatic heterocycles. The van der Waals surface area contributed by atoms with Crippen molar-refractivity contribution in [1.82, 2.24) is 0 Å². The maximum atomic E-state index is 11.0. The molecule has 0 radical (unpaired) electrons. The molecule has 0 fully saturated rings. The lowest BCUT2D eigenvalue weighted by Crippen LogP contribution is -2.09. The molecule has 0 bridgehead atoms. The molecule has 0 spiro atoms. The van der Waals surface area contributed by atoms with Gasteiger partial charge in [-0.25, -0.2) is 0 Å². The quantitative estimate of drug-likeness (QED) is 0.773. The van der Waals surface area contributed by atoms with E-state index in [1.165, 1.54) is 7.11 Å². The summed E-state index contributed by atoms with van der Waals surface area (Å²) in [6, 6.07) is 7.11. The Kier molecular flexibility index (Phi) is 4.79. The summed E-state index contributed by atoms with van der Waals surface area (Å²) in [6.07, 6.45) is -0.962. The molecule has 0 aliphatic rings. The van der Waals surface area contributed by atoms with Gasteiger partial charge in [-0.3, -0.25) is 4.79 Å². The highest BCUT2D eigenvalue weighted by atomic mass is 16.5. The Balaban J connectivity index is 2.81. The van der Waals surface area contributed by atoms with Gasteiger partial charge in [-0.05, 0) is 13.0 Å². The van der Waals surface area contributed by atoms with E-state index in [1.54, 1.807) is 18.2 Å². The Morgan fingerprint density at radius 3 is 2.75 bits per heavy atom. The molecule has 4 nitrogen and oxygen atoms in total. The first-order valence-electron chi connectivity index (χ1n) is 5.15. The Bertz CT molecular complexity index is 349. The van der Waals surface area contributed by atoms with Crippen LogP contribution >= 0.6 is 0 Å². The third kappa shape index (κ3) is 3.24. The van der Waals surface area contributed by atoms with Crippen LogP contribution in [0.1, 0.15) is 25.0 Å². The van der Waals surface area contributed by atoms with Crippen LogP contribution in [0.15, 0.2) is 24.3 Å². The standard InChI is InChI=1S/C12H16O4/c1-3-16-11-7-5-4-6-9(11)10(13)8-12(14)15-2/h4-7,10,13H,3,8H2,1-2H3/t10-/m0/s1. The second-order valence-electron chi connectivity index (χ2n) is 3.27. The molecule has 0 unspecified atom stereocenters. The van der Waals surface area contributed by atoms with E-state index in [9.17, 15) is 9.90 Å². The minimum absolute atomic E-state index is 0.0689. The molecule has 1 aromatic carbocycles. The largest absolute Gasteiger partial charge is 0.493 e. The van der Waals surface area contributed by atoms with Gasteiger partial charge < -0.3 is 14.6 Å². The van der Waals surface area contributed by atoms with E-state index in [2.05, 4.69) is 4.74 Å². The molecule has 1 N–H and O–H groups in total. The lowest BCUT2D eigenvalue weighted by atomic mass is 10.1. The van der Waals surface area contributed by atoms with E-state index in [4.69, 9.17) is 4.74 Å². The number of para-hydroxylation sites is 1. The van der Waals surface area contributed by atoms with Crippen LogP contribution in [0.4, 0.5) is 0 Å². The van der Waals surface area contributed by atoms with E-state index < -0.39 is 12.1 Å². The van der Waals surface area contributed by atoms with Crippen molar-refractivity contribution in [2.24, 2.45) is 0 Å². The monoisotopic (exact) mass is 224 g/mol. The van der Waals surface area contributed by atoms with Crippen molar-refractivity contribution in [3.63, 3.8) is 0 Å². The lowest BCUT2D eigenvalue weighted by molar-refractivity contribution is -0.142. The number of hydrogen-bond donors (Lipinski definition) is 1. The zero-order valence-electron chi connectivity index (χ0n) is 9.47. The van der Waals surface area contributed by atoms with Gasteiger partial charge in [0.1, 0.15) is 5.75 Å². The number of aliphatic hydroxyl groups is 1. The molecule has 0 aliphatic heterocycles. The van der Waals surface area contributed by atoms with Crippen LogP contribution in [0.5, 0.6) is 5.75 Å². The first kappa shape index (κ1) is 12.5. The number of carbonyl (C=O) groups is 1. The van der Waals surface area contributed by atoms with Crippen LogP contribution in [0.3, 0.4) is 0 Å². The van der Waals surface area contributed by atoms with Gasteiger partial charge in [-0.15, -0.1) is 0 Å². The Labute approximate surface area is 94.8 Å². The summed E-state index contributed by atoms with van der Waals surface area (Å²) >= 11 is 0. The molecule has 1 rings (SSSR count). The van der Waals surface area contributed by atoms with Gasteiger partial charge in [0.05, 0.1) is 26.2 Å². The zero-order chi connectivity index (χ0) is 12.0. The third-order valence-corrected chi connectivity index (χ3v) is 2.17. The van der Waals surface area contributed by atoms with Crippen molar-refractivity contribution in [3.8, 4) is 5.75 Å². The number of rotatable bonds is 5. The first-order chi connectivity index (χ1) is 7.69. The predicted molar refractivity (Wildman–Crippen MR) is 59.2 cm³/mol. The highest BCUT2D eigenvalue weighted by molar-refractivity contribution is 5.70. The van der Waals surface area contributed by atoms with Gasteiger partial charge in [0.25, 0.3) is 0 Å². The van der Waals surface area contributed by atoms with Crippen molar-refractivity contribution in [1.29, 1.82) is 0 Å². The molecule has 0 heterocycles.